The number of amidine groups is 1. The number of fused-ring (bicyclic) bond motifs is 1. The van der Waals surface area contributed by atoms with Crippen molar-refractivity contribution >= 4 is 28.8 Å². The summed E-state index contributed by atoms with van der Waals surface area (Å²) in [4.78, 5) is 31.9. The van der Waals surface area contributed by atoms with E-state index in [9.17, 15) is 9.59 Å². The number of aryl methyl sites for hydroxylation is 1. The fourth-order valence-electron chi connectivity index (χ4n) is 3.63. The molecule has 160 valence electrons. The minimum Gasteiger partial charge on any atom is -0.467 e. The zero-order chi connectivity index (χ0) is 22.0. The second-order valence-electron chi connectivity index (χ2n) is 7.33. The molecular weight excluding hydrogens is 414 g/mol. The van der Waals surface area contributed by atoms with Crippen LogP contribution in [0.25, 0.3) is 0 Å². The molecule has 7 nitrogen and oxygen atoms in total. The Kier molecular flexibility index (Phi) is 5.99. The standard InChI is InChI=1S/C23H23N3O4S/c1-14-6-8-16(9-7-14)21-20(22(28)29-3)15(2)25-23-26(21)17(13-31-23)11-19(27)24-12-18-5-4-10-30-18/h4-10,13,21H,11-12H2,1-3H3,(H,24,27). The Hall–Kier alpha value is -3.26. The van der Waals surface area contributed by atoms with Gasteiger partial charge in [0.1, 0.15) is 5.76 Å². The molecule has 0 aliphatic carbocycles. The molecule has 3 heterocycles. The van der Waals surface area contributed by atoms with Gasteiger partial charge in [0.2, 0.25) is 5.91 Å². The van der Waals surface area contributed by atoms with Crippen LogP contribution >= 0.6 is 11.8 Å². The molecule has 0 saturated heterocycles. The predicted octanol–water partition coefficient (Wildman–Crippen LogP) is 4.04. The van der Waals surface area contributed by atoms with Crippen LogP contribution in [0.3, 0.4) is 0 Å². The van der Waals surface area contributed by atoms with E-state index in [4.69, 9.17) is 9.15 Å². The van der Waals surface area contributed by atoms with E-state index in [-0.39, 0.29) is 12.3 Å². The molecular formula is C23H23N3O4S. The second kappa shape index (κ2) is 8.85. The Morgan fingerprint density at radius 3 is 2.68 bits per heavy atom. The highest BCUT2D eigenvalue weighted by Gasteiger charge is 2.40. The molecule has 0 saturated carbocycles. The third kappa shape index (κ3) is 4.29. The lowest BCUT2D eigenvalue weighted by molar-refractivity contribution is -0.136. The number of benzene rings is 1. The SMILES string of the molecule is COC(=O)C1=C(C)N=C2SC=C(CC(=O)NCc3ccco3)N2C1c1ccc(C)cc1. The highest BCUT2D eigenvalue weighted by molar-refractivity contribution is 8.16. The minimum atomic E-state index is -0.426. The number of carbonyl (C=O) groups is 2. The average Bonchev–Trinajstić information content (AvgIpc) is 3.42. The van der Waals surface area contributed by atoms with E-state index in [2.05, 4.69) is 10.3 Å². The lowest BCUT2D eigenvalue weighted by Gasteiger charge is -2.36. The van der Waals surface area contributed by atoms with E-state index >= 15 is 0 Å². The van der Waals surface area contributed by atoms with Crippen LogP contribution in [0, 0.1) is 6.92 Å². The first-order valence-corrected chi connectivity index (χ1v) is 10.7. The van der Waals surface area contributed by atoms with Gasteiger partial charge in [0.15, 0.2) is 5.17 Å². The highest BCUT2D eigenvalue weighted by atomic mass is 32.2. The second-order valence-corrected chi connectivity index (χ2v) is 8.16. The molecule has 0 fully saturated rings. The molecule has 2 aromatic rings. The molecule has 1 aromatic carbocycles. The molecule has 1 unspecified atom stereocenters. The fraction of sp³-hybridized carbons (Fsp3) is 0.261. The van der Waals surface area contributed by atoms with Gasteiger partial charge in [-0.05, 0) is 37.0 Å². The number of esters is 1. The molecule has 2 aliphatic rings. The van der Waals surface area contributed by atoms with Crippen molar-refractivity contribution in [1.82, 2.24) is 10.2 Å². The van der Waals surface area contributed by atoms with Gasteiger partial charge in [-0.25, -0.2) is 9.79 Å². The summed E-state index contributed by atoms with van der Waals surface area (Å²) in [6.45, 7) is 4.15. The number of aliphatic imine (C=N–C) groups is 1. The number of nitrogens with one attached hydrogen (secondary N) is 1. The van der Waals surface area contributed by atoms with Crippen molar-refractivity contribution in [3.05, 3.63) is 81.9 Å². The van der Waals surface area contributed by atoms with Crippen LogP contribution < -0.4 is 5.32 Å². The van der Waals surface area contributed by atoms with Crippen molar-refractivity contribution in [3.8, 4) is 0 Å². The first-order chi connectivity index (χ1) is 15.0. The Balaban J connectivity index is 1.62. The smallest absolute Gasteiger partial charge is 0.338 e. The fourth-order valence-corrected chi connectivity index (χ4v) is 4.59. The number of ether oxygens (including phenoxy) is 1. The number of hydrogen-bond acceptors (Lipinski definition) is 7. The molecule has 31 heavy (non-hydrogen) atoms. The number of nitrogens with zero attached hydrogens (tertiary/aromatic N) is 2. The molecule has 1 amide bonds. The zero-order valence-electron chi connectivity index (χ0n) is 17.5. The summed E-state index contributed by atoms with van der Waals surface area (Å²) >= 11 is 1.45. The van der Waals surface area contributed by atoms with Crippen LogP contribution in [0.4, 0.5) is 0 Å². The van der Waals surface area contributed by atoms with Gasteiger partial charge < -0.3 is 19.4 Å². The van der Waals surface area contributed by atoms with Crippen molar-refractivity contribution in [2.45, 2.75) is 32.9 Å². The van der Waals surface area contributed by atoms with Crippen molar-refractivity contribution in [1.29, 1.82) is 0 Å². The summed E-state index contributed by atoms with van der Waals surface area (Å²) in [6.07, 6.45) is 1.73. The van der Waals surface area contributed by atoms with Crippen LogP contribution in [-0.4, -0.2) is 29.1 Å². The van der Waals surface area contributed by atoms with Gasteiger partial charge in [0.25, 0.3) is 0 Å². The van der Waals surface area contributed by atoms with Crippen LogP contribution in [0.1, 0.15) is 36.3 Å². The Morgan fingerprint density at radius 2 is 2.00 bits per heavy atom. The number of carbonyl (C=O) groups excluding carboxylic acids is 2. The van der Waals surface area contributed by atoms with Gasteiger partial charge in [-0.15, -0.1) is 0 Å². The van der Waals surface area contributed by atoms with Crippen LogP contribution in [0.5, 0.6) is 0 Å². The normalized spacial score (nSPS) is 17.8. The van der Waals surface area contributed by atoms with E-state index in [0.717, 1.165) is 22.0 Å². The molecule has 0 bridgehead atoms. The number of furan rings is 1. The lowest BCUT2D eigenvalue weighted by Crippen LogP contribution is -2.37. The molecule has 0 spiro atoms. The number of rotatable bonds is 6. The first-order valence-electron chi connectivity index (χ1n) is 9.86. The van der Waals surface area contributed by atoms with Gasteiger partial charge >= 0.3 is 5.97 Å². The van der Waals surface area contributed by atoms with E-state index in [0.29, 0.717) is 23.6 Å². The maximum atomic E-state index is 12.7. The summed E-state index contributed by atoms with van der Waals surface area (Å²) < 4.78 is 10.3. The monoisotopic (exact) mass is 437 g/mol. The summed E-state index contributed by atoms with van der Waals surface area (Å²) in [7, 11) is 1.37. The molecule has 1 atom stereocenters. The van der Waals surface area contributed by atoms with Crippen LogP contribution in [0.15, 0.2) is 74.4 Å². The molecule has 1 N–H and O–H groups in total. The largest absolute Gasteiger partial charge is 0.467 e. The third-order valence-corrected chi connectivity index (χ3v) is 6.07. The Bertz CT molecular complexity index is 1080. The van der Waals surface area contributed by atoms with Crippen molar-refractivity contribution < 1.29 is 18.7 Å². The van der Waals surface area contributed by atoms with Crippen molar-refractivity contribution in [2.24, 2.45) is 4.99 Å². The maximum absolute atomic E-state index is 12.7. The maximum Gasteiger partial charge on any atom is 0.338 e. The number of amides is 1. The Labute approximate surface area is 184 Å². The van der Waals surface area contributed by atoms with Gasteiger partial charge in [-0.1, -0.05) is 41.6 Å². The van der Waals surface area contributed by atoms with Crippen molar-refractivity contribution in [3.63, 3.8) is 0 Å². The van der Waals surface area contributed by atoms with Gasteiger partial charge in [0, 0.05) is 5.70 Å². The van der Waals surface area contributed by atoms with Gasteiger partial charge in [-0.3, -0.25) is 4.79 Å². The first kappa shape index (κ1) is 21.0. The summed E-state index contributed by atoms with van der Waals surface area (Å²) in [5, 5.41) is 5.53. The van der Waals surface area contributed by atoms with Gasteiger partial charge in [0.05, 0.1) is 43.7 Å². The van der Waals surface area contributed by atoms with E-state index in [1.165, 1.54) is 18.9 Å². The van der Waals surface area contributed by atoms with E-state index in [1.807, 2.05) is 54.5 Å². The Morgan fingerprint density at radius 1 is 1.23 bits per heavy atom. The summed E-state index contributed by atoms with van der Waals surface area (Å²) in [5.74, 6) is 0.120. The summed E-state index contributed by atoms with van der Waals surface area (Å²) in [5.41, 5.74) is 3.92. The number of thioether (sulfide) groups is 1. The summed E-state index contributed by atoms with van der Waals surface area (Å²) in [6, 6.07) is 11.2. The molecule has 1 aromatic heterocycles. The molecule has 0 radical (unpaired) electrons. The average molecular weight is 438 g/mol. The molecule has 2 aliphatic heterocycles. The zero-order valence-corrected chi connectivity index (χ0v) is 18.4. The minimum absolute atomic E-state index is 0.141. The number of hydrogen-bond donors (Lipinski definition) is 1. The van der Waals surface area contributed by atoms with Crippen LogP contribution in [0.2, 0.25) is 0 Å². The molecule has 8 heteroatoms. The lowest BCUT2D eigenvalue weighted by atomic mass is 9.93. The number of allylic oxidation sites excluding steroid dienone is 1. The van der Waals surface area contributed by atoms with E-state index in [1.54, 1.807) is 12.3 Å². The van der Waals surface area contributed by atoms with Crippen molar-refractivity contribution in [2.75, 3.05) is 7.11 Å². The quantitative estimate of drug-likeness (QED) is 0.687. The topological polar surface area (TPSA) is 84.1 Å². The van der Waals surface area contributed by atoms with Crippen LogP contribution in [-0.2, 0) is 20.9 Å². The highest BCUT2D eigenvalue weighted by Crippen LogP contribution is 2.44. The van der Waals surface area contributed by atoms with E-state index < -0.39 is 12.0 Å². The van der Waals surface area contributed by atoms with Gasteiger partial charge in [-0.2, -0.15) is 0 Å². The predicted molar refractivity (Wildman–Crippen MR) is 119 cm³/mol. The third-order valence-electron chi connectivity index (χ3n) is 5.18. The molecule has 4 rings (SSSR count). The number of methoxy groups -OCH3 is 1.